The molecule has 112 valence electrons. The van der Waals surface area contributed by atoms with Gasteiger partial charge in [0.2, 0.25) is 0 Å². The van der Waals surface area contributed by atoms with Crippen LogP contribution in [0.5, 0.6) is 0 Å². The highest BCUT2D eigenvalue weighted by atomic mass is 35.5. The maximum absolute atomic E-state index is 6.25. The van der Waals surface area contributed by atoms with Gasteiger partial charge in [0.25, 0.3) is 0 Å². The lowest BCUT2D eigenvalue weighted by atomic mass is 10.1. The van der Waals surface area contributed by atoms with Crippen molar-refractivity contribution in [1.29, 1.82) is 0 Å². The maximum Gasteiger partial charge on any atom is 0.137 e. The van der Waals surface area contributed by atoms with E-state index in [1.807, 2.05) is 6.92 Å². The van der Waals surface area contributed by atoms with Crippen molar-refractivity contribution in [1.82, 2.24) is 9.97 Å². The average Bonchev–Trinajstić information content (AvgIpc) is 2.44. The molecule has 1 aromatic rings. The highest BCUT2D eigenvalue weighted by molar-refractivity contribution is 6.30. The molecule has 2 heterocycles. The summed E-state index contributed by atoms with van der Waals surface area (Å²) in [6.45, 7) is 8.93. The summed E-state index contributed by atoms with van der Waals surface area (Å²) in [7, 11) is 0. The lowest BCUT2D eigenvalue weighted by Crippen LogP contribution is -2.38. The summed E-state index contributed by atoms with van der Waals surface area (Å²) in [6.07, 6.45) is 4.41. The highest BCUT2D eigenvalue weighted by Gasteiger charge is 2.22. The number of piperidine rings is 1. The van der Waals surface area contributed by atoms with Gasteiger partial charge in [0.1, 0.15) is 16.8 Å². The van der Waals surface area contributed by atoms with Gasteiger partial charge >= 0.3 is 0 Å². The molecule has 0 saturated carbocycles. The van der Waals surface area contributed by atoms with E-state index in [-0.39, 0.29) is 0 Å². The van der Waals surface area contributed by atoms with E-state index in [1.54, 1.807) is 0 Å². The molecule has 0 aliphatic carbocycles. The lowest BCUT2D eigenvalue weighted by Gasteiger charge is -2.33. The van der Waals surface area contributed by atoms with E-state index in [1.165, 1.54) is 0 Å². The van der Waals surface area contributed by atoms with Crippen molar-refractivity contribution >= 4 is 17.4 Å². The summed E-state index contributed by atoms with van der Waals surface area (Å²) in [5.41, 5.74) is 0.987. The molecule has 0 unspecified atom stereocenters. The normalized spacial score (nSPS) is 16.7. The third-order valence-electron chi connectivity index (χ3n) is 3.72. The van der Waals surface area contributed by atoms with Crippen molar-refractivity contribution in [3.8, 4) is 0 Å². The molecule has 1 saturated heterocycles. The summed E-state index contributed by atoms with van der Waals surface area (Å²) < 4.78 is 5.70. The molecule has 1 aliphatic heterocycles. The molecule has 0 aromatic carbocycles. The number of aryl methyl sites for hydroxylation is 1. The quantitative estimate of drug-likeness (QED) is 0.781. The number of halogens is 1. The van der Waals surface area contributed by atoms with Gasteiger partial charge in [-0.15, -0.1) is 0 Å². The van der Waals surface area contributed by atoms with E-state index >= 15 is 0 Å². The van der Waals surface area contributed by atoms with E-state index in [9.17, 15) is 0 Å². The fourth-order valence-corrected chi connectivity index (χ4v) is 2.82. The standard InChI is InChI=1S/C15H24ClN3O/c1-4-6-13-17-14(16)11(3)15(18-13)19-9-7-12(8-10-19)20-5-2/h12H,4-10H2,1-3H3. The van der Waals surface area contributed by atoms with Crippen molar-refractivity contribution in [3.63, 3.8) is 0 Å². The Morgan fingerprint density at radius 2 is 1.95 bits per heavy atom. The topological polar surface area (TPSA) is 38.2 Å². The fraction of sp³-hybridized carbons (Fsp3) is 0.733. The zero-order valence-electron chi connectivity index (χ0n) is 12.7. The van der Waals surface area contributed by atoms with Crippen LogP contribution in [0.2, 0.25) is 5.15 Å². The molecule has 1 aromatic heterocycles. The Morgan fingerprint density at radius 3 is 2.55 bits per heavy atom. The van der Waals surface area contributed by atoms with Gasteiger partial charge in [0, 0.05) is 31.7 Å². The van der Waals surface area contributed by atoms with Gasteiger partial charge in [-0.2, -0.15) is 0 Å². The Kier molecular flexibility index (Phi) is 5.61. The summed E-state index contributed by atoms with van der Waals surface area (Å²) in [5, 5.41) is 0.588. The summed E-state index contributed by atoms with van der Waals surface area (Å²) in [4.78, 5) is 11.4. The summed E-state index contributed by atoms with van der Waals surface area (Å²) in [6, 6.07) is 0. The zero-order valence-corrected chi connectivity index (χ0v) is 13.4. The second-order valence-electron chi connectivity index (χ2n) is 5.27. The van der Waals surface area contributed by atoms with Gasteiger partial charge in [-0.3, -0.25) is 0 Å². The first-order valence-electron chi connectivity index (χ1n) is 7.55. The molecule has 0 atom stereocenters. The van der Waals surface area contributed by atoms with E-state index in [0.29, 0.717) is 11.3 Å². The summed E-state index contributed by atoms with van der Waals surface area (Å²) >= 11 is 6.25. The Hall–Kier alpha value is -0.870. The number of ether oxygens (including phenoxy) is 1. The third kappa shape index (κ3) is 3.61. The fourth-order valence-electron chi connectivity index (χ4n) is 2.63. The van der Waals surface area contributed by atoms with Crippen molar-refractivity contribution in [2.45, 2.75) is 52.6 Å². The van der Waals surface area contributed by atoms with Crippen LogP contribution in [0.4, 0.5) is 5.82 Å². The minimum Gasteiger partial charge on any atom is -0.378 e. The van der Waals surface area contributed by atoms with Crippen LogP contribution < -0.4 is 4.90 Å². The molecular weight excluding hydrogens is 274 g/mol. The molecule has 0 radical (unpaired) electrons. The van der Waals surface area contributed by atoms with Crippen LogP contribution in [-0.2, 0) is 11.2 Å². The molecule has 0 amide bonds. The van der Waals surface area contributed by atoms with Crippen LogP contribution >= 0.6 is 11.6 Å². The smallest absolute Gasteiger partial charge is 0.137 e. The molecule has 0 N–H and O–H groups in total. The van der Waals surface area contributed by atoms with Crippen LogP contribution in [0.1, 0.15) is 44.5 Å². The minimum atomic E-state index is 0.393. The van der Waals surface area contributed by atoms with E-state index in [4.69, 9.17) is 21.3 Å². The van der Waals surface area contributed by atoms with Gasteiger partial charge in [-0.1, -0.05) is 18.5 Å². The minimum absolute atomic E-state index is 0.393. The first kappa shape index (κ1) is 15.5. The predicted octanol–water partition coefficient (Wildman–Crippen LogP) is 3.40. The van der Waals surface area contributed by atoms with Crippen molar-refractivity contribution in [3.05, 3.63) is 16.5 Å². The van der Waals surface area contributed by atoms with Crippen molar-refractivity contribution in [2.75, 3.05) is 24.6 Å². The SMILES string of the molecule is CCCc1nc(Cl)c(C)c(N2CCC(OCC)CC2)n1. The molecule has 1 aliphatic rings. The average molecular weight is 298 g/mol. The Morgan fingerprint density at radius 1 is 1.25 bits per heavy atom. The van der Waals surface area contributed by atoms with Crippen LogP contribution in [0.25, 0.3) is 0 Å². The monoisotopic (exact) mass is 297 g/mol. The van der Waals surface area contributed by atoms with Gasteiger partial charge in [-0.05, 0) is 33.1 Å². The first-order valence-corrected chi connectivity index (χ1v) is 7.93. The Labute approximate surface area is 126 Å². The molecule has 0 bridgehead atoms. The maximum atomic E-state index is 6.25. The number of hydrogen-bond acceptors (Lipinski definition) is 4. The lowest BCUT2D eigenvalue weighted by molar-refractivity contribution is 0.0458. The van der Waals surface area contributed by atoms with E-state index < -0.39 is 0 Å². The second kappa shape index (κ2) is 7.23. The van der Waals surface area contributed by atoms with Crippen LogP contribution in [0.3, 0.4) is 0 Å². The molecule has 20 heavy (non-hydrogen) atoms. The first-order chi connectivity index (χ1) is 9.65. The van der Waals surface area contributed by atoms with E-state index in [2.05, 4.69) is 23.7 Å². The number of aromatic nitrogens is 2. The van der Waals surface area contributed by atoms with Crippen molar-refractivity contribution in [2.24, 2.45) is 0 Å². The Balaban J connectivity index is 2.12. The number of nitrogens with zero attached hydrogens (tertiary/aromatic N) is 3. The van der Waals surface area contributed by atoms with Gasteiger partial charge in [-0.25, -0.2) is 9.97 Å². The van der Waals surface area contributed by atoms with Crippen molar-refractivity contribution < 1.29 is 4.74 Å². The molecule has 1 fully saturated rings. The van der Waals surface area contributed by atoms with E-state index in [0.717, 1.165) is 62.6 Å². The highest BCUT2D eigenvalue weighted by Crippen LogP contribution is 2.27. The molecule has 5 heteroatoms. The van der Waals surface area contributed by atoms with Crippen LogP contribution in [0.15, 0.2) is 0 Å². The summed E-state index contributed by atoms with van der Waals surface area (Å²) in [5.74, 6) is 1.86. The second-order valence-corrected chi connectivity index (χ2v) is 5.63. The van der Waals surface area contributed by atoms with Gasteiger partial charge < -0.3 is 9.64 Å². The molecular formula is C15H24ClN3O. The van der Waals surface area contributed by atoms with Crippen LogP contribution in [0, 0.1) is 6.92 Å². The molecule has 0 spiro atoms. The largest absolute Gasteiger partial charge is 0.378 e. The van der Waals surface area contributed by atoms with Gasteiger partial charge in [0.15, 0.2) is 0 Å². The predicted molar refractivity (Wildman–Crippen MR) is 82.6 cm³/mol. The van der Waals surface area contributed by atoms with Crippen LogP contribution in [-0.4, -0.2) is 35.8 Å². The molecule has 2 rings (SSSR count). The number of anilines is 1. The zero-order chi connectivity index (χ0) is 14.5. The number of rotatable bonds is 5. The number of hydrogen-bond donors (Lipinski definition) is 0. The van der Waals surface area contributed by atoms with Gasteiger partial charge in [0.05, 0.1) is 6.10 Å². The Bertz CT molecular complexity index is 445. The molecule has 4 nitrogen and oxygen atoms in total. The third-order valence-corrected chi connectivity index (χ3v) is 4.09.